The molecule has 82 valence electrons. The zero-order valence-corrected chi connectivity index (χ0v) is 9.84. The van der Waals surface area contributed by atoms with Crippen LogP contribution in [-0.2, 0) is 5.41 Å². The maximum absolute atomic E-state index is 3.27. The van der Waals surface area contributed by atoms with Crippen LogP contribution < -0.4 is 5.32 Å². The van der Waals surface area contributed by atoms with Gasteiger partial charge in [-0.2, -0.15) is 0 Å². The molecular weight excluding hydrogens is 182 g/mol. The van der Waals surface area contributed by atoms with Crippen molar-refractivity contribution in [1.82, 2.24) is 5.32 Å². The van der Waals surface area contributed by atoms with E-state index in [4.69, 9.17) is 0 Å². The number of benzene rings is 1. The van der Waals surface area contributed by atoms with Gasteiger partial charge in [0.05, 0.1) is 0 Å². The second kappa shape index (κ2) is 4.36. The summed E-state index contributed by atoms with van der Waals surface area (Å²) in [4.78, 5) is 0. The van der Waals surface area contributed by atoms with E-state index in [0.29, 0.717) is 5.41 Å². The van der Waals surface area contributed by atoms with Gasteiger partial charge in [0.2, 0.25) is 0 Å². The van der Waals surface area contributed by atoms with Crippen molar-refractivity contribution in [3.8, 4) is 0 Å². The fraction of sp³-hybridized carbons (Fsp3) is 0.571. The first kappa shape index (κ1) is 10.7. The average Bonchev–Trinajstić information content (AvgIpc) is 2.19. The number of nitrogens with one attached hydrogen (secondary N) is 1. The molecule has 0 heterocycles. The second-order valence-corrected chi connectivity index (χ2v) is 4.85. The van der Waals surface area contributed by atoms with Crippen LogP contribution in [0.15, 0.2) is 24.3 Å². The topological polar surface area (TPSA) is 12.0 Å². The number of hydrogen-bond acceptors (Lipinski definition) is 1. The van der Waals surface area contributed by atoms with Crippen LogP contribution >= 0.6 is 0 Å². The van der Waals surface area contributed by atoms with E-state index < -0.39 is 0 Å². The molecule has 0 unspecified atom stereocenters. The minimum Gasteiger partial charge on any atom is -0.320 e. The van der Waals surface area contributed by atoms with Gasteiger partial charge < -0.3 is 5.32 Å². The van der Waals surface area contributed by atoms with E-state index in [0.717, 1.165) is 6.54 Å². The molecule has 0 spiro atoms. The number of rotatable bonds is 4. The first-order valence-corrected chi connectivity index (χ1v) is 5.99. The molecule has 1 aromatic carbocycles. The Kier molecular flexibility index (Phi) is 3.11. The lowest BCUT2D eigenvalue weighted by Gasteiger charge is -2.43. The summed E-state index contributed by atoms with van der Waals surface area (Å²) in [7, 11) is 2.04. The lowest BCUT2D eigenvalue weighted by atomic mass is 9.62. The second-order valence-electron chi connectivity index (χ2n) is 4.85. The first-order chi connectivity index (χ1) is 7.27. The Morgan fingerprint density at radius 3 is 2.33 bits per heavy atom. The molecule has 0 atom stereocenters. The molecular formula is C14H21N. The maximum atomic E-state index is 3.27. The Morgan fingerprint density at radius 2 is 1.87 bits per heavy atom. The maximum Gasteiger partial charge on any atom is -0.00349 e. The molecule has 1 nitrogen and oxygen atoms in total. The lowest BCUT2D eigenvalue weighted by Crippen LogP contribution is -2.36. The van der Waals surface area contributed by atoms with Gasteiger partial charge in [-0.3, -0.25) is 0 Å². The molecule has 15 heavy (non-hydrogen) atoms. The largest absolute Gasteiger partial charge is 0.320 e. The van der Waals surface area contributed by atoms with Crippen molar-refractivity contribution in [2.75, 3.05) is 13.6 Å². The summed E-state index contributed by atoms with van der Waals surface area (Å²) in [6.07, 6.45) is 5.43. The Hall–Kier alpha value is -0.820. The van der Waals surface area contributed by atoms with Crippen molar-refractivity contribution in [3.63, 3.8) is 0 Å². The van der Waals surface area contributed by atoms with E-state index in [2.05, 4.69) is 36.5 Å². The lowest BCUT2D eigenvalue weighted by molar-refractivity contribution is 0.225. The van der Waals surface area contributed by atoms with Gasteiger partial charge in [0.1, 0.15) is 0 Å². The van der Waals surface area contributed by atoms with Crippen molar-refractivity contribution >= 4 is 0 Å². The third-order valence-electron chi connectivity index (χ3n) is 3.83. The van der Waals surface area contributed by atoms with Gasteiger partial charge in [-0.05, 0) is 50.8 Å². The molecule has 1 aliphatic carbocycles. The molecule has 1 fully saturated rings. The molecule has 0 radical (unpaired) electrons. The van der Waals surface area contributed by atoms with E-state index in [1.165, 1.54) is 31.2 Å². The van der Waals surface area contributed by atoms with E-state index in [9.17, 15) is 0 Å². The minimum atomic E-state index is 0.497. The zero-order valence-electron chi connectivity index (χ0n) is 9.84. The van der Waals surface area contributed by atoms with E-state index in [-0.39, 0.29) is 0 Å². The van der Waals surface area contributed by atoms with Gasteiger partial charge in [-0.1, -0.05) is 36.2 Å². The highest BCUT2D eigenvalue weighted by Gasteiger charge is 2.37. The molecule has 1 aliphatic rings. The zero-order chi connectivity index (χ0) is 10.7. The van der Waals surface area contributed by atoms with Gasteiger partial charge in [-0.15, -0.1) is 0 Å². The Bertz CT molecular complexity index is 309. The van der Waals surface area contributed by atoms with Crippen molar-refractivity contribution < 1.29 is 0 Å². The average molecular weight is 203 g/mol. The Labute approximate surface area is 92.9 Å². The fourth-order valence-electron chi connectivity index (χ4n) is 2.56. The predicted molar refractivity (Wildman–Crippen MR) is 65.3 cm³/mol. The molecule has 1 heteroatoms. The summed E-state index contributed by atoms with van der Waals surface area (Å²) in [6.45, 7) is 3.29. The summed E-state index contributed by atoms with van der Waals surface area (Å²) in [5, 5.41) is 3.27. The van der Waals surface area contributed by atoms with E-state index >= 15 is 0 Å². The normalized spacial score (nSPS) is 18.5. The number of aryl methyl sites for hydroxylation is 1. The summed E-state index contributed by atoms with van der Waals surface area (Å²) in [5.74, 6) is 0. The highest BCUT2D eigenvalue weighted by molar-refractivity contribution is 5.30. The minimum absolute atomic E-state index is 0.497. The smallest absolute Gasteiger partial charge is 0.00349 e. The summed E-state index contributed by atoms with van der Waals surface area (Å²) in [5.41, 5.74) is 3.41. The summed E-state index contributed by atoms with van der Waals surface area (Å²) >= 11 is 0. The van der Waals surface area contributed by atoms with Crippen molar-refractivity contribution in [2.45, 2.75) is 38.0 Å². The van der Waals surface area contributed by atoms with Crippen LogP contribution in [0.5, 0.6) is 0 Å². The third kappa shape index (κ3) is 2.07. The summed E-state index contributed by atoms with van der Waals surface area (Å²) < 4.78 is 0. The van der Waals surface area contributed by atoms with Crippen LogP contribution in [0.25, 0.3) is 0 Å². The van der Waals surface area contributed by atoms with Crippen molar-refractivity contribution in [3.05, 3.63) is 35.4 Å². The molecule has 0 amide bonds. The third-order valence-corrected chi connectivity index (χ3v) is 3.83. The van der Waals surface area contributed by atoms with Crippen LogP contribution in [-0.4, -0.2) is 13.6 Å². The van der Waals surface area contributed by atoms with Crippen molar-refractivity contribution in [1.29, 1.82) is 0 Å². The molecule has 0 saturated heterocycles. The Balaban J connectivity index is 2.14. The standard InChI is InChI=1S/C14H21N/c1-12-4-6-13(7-5-12)14(8-3-9-14)10-11-15-2/h4-7,15H,3,8-11H2,1-2H3. The SMILES string of the molecule is CNCCC1(c2ccc(C)cc2)CCC1. The van der Waals surface area contributed by atoms with Gasteiger partial charge in [-0.25, -0.2) is 0 Å². The van der Waals surface area contributed by atoms with E-state index in [1.807, 2.05) is 7.05 Å². The highest BCUT2D eigenvalue weighted by Crippen LogP contribution is 2.46. The van der Waals surface area contributed by atoms with Crippen LogP contribution in [0.2, 0.25) is 0 Å². The molecule has 2 rings (SSSR count). The van der Waals surface area contributed by atoms with Crippen molar-refractivity contribution in [2.24, 2.45) is 0 Å². The molecule has 1 saturated carbocycles. The van der Waals surface area contributed by atoms with Gasteiger partial charge in [0.15, 0.2) is 0 Å². The molecule has 1 N–H and O–H groups in total. The number of hydrogen-bond donors (Lipinski definition) is 1. The van der Waals surface area contributed by atoms with E-state index in [1.54, 1.807) is 5.56 Å². The van der Waals surface area contributed by atoms with Gasteiger partial charge in [0.25, 0.3) is 0 Å². The predicted octanol–water partition coefficient (Wildman–Crippen LogP) is 3.03. The van der Waals surface area contributed by atoms with Crippen LogP contribution in [0.4, 0.5) is 0 Å². The molecule has 0 bridgehead atoms. The Morgan fingerprint density at radius 1 is 1.20 bits per heavy atom. The molecule has 0 aliphatic heterocycles. The van der Waals surface area contributed by atoms with Crippen LogP contribution in [0, 0.1) is 6.92 Å². The fourth-order valence-corrected chi connectivity index (χ4v) is 2.56. The molecule has 0 aromatic heterocycles. The van der Waals surface area contributed by atoms with Crippen LogP contribution in [0.3, 0.4) is 0 Å². The first-order valence-electron chi connectivity index (χ1n) is 5.99. The van der Waals surface area contributed by atoms with Gasteiger partial charge in [0, 0.05) is 0 Å². The summed E-state index contributed by atoms with van der Waals surface area (Å²) in [6, 6.07) is 9.14. The van der Waals surface area contributed by atoms with Gasteiger partial charge >= 0.3 is 0 Å². The quantitative estimate of drug-likeness (QED) is 0.793. The molecule has 1 aromatic rings. The highest BCUT2D eigenvalue weighted by atomic mass is 14.8. The monoisotopic (exact) mass is 203 g/mol. The van der Waals surface area contributed by atoms with Crippen LogP contribution in [0.1, 0.15) is 36.8 Å².